The molecular formula is C26H32FN3O6S. The summed E-state index contributed by atoms with van der Waals surface area (Å²) in [6, 6.07) is 3.88. The summed E-state index contributed by atoms with van der Waals surface area (Å²) in [5.41, 5.74) is -2.03. The van der Waals surface area contributed by atoms with Gasteiger partial charge in [-0.15, -0.1) is 11.3 Å². The minimum absolute atomic E-state index is 0.0412. The van der Waals surface area contributed by atoms with E-state index in [1.165, 1.54) is 43.7 Å². The maximum atomic E-state index is 14.0. The maximum Gasteiger partial charge on any atom is 0.348 e. The number of hydrogen-bond donors (Lipinski definition) is 1. The third-order valence-corrected chi connectivity index (χ3v) is 7.35. The minimum atomic E-state index is -1.54. The smallest absolute Gasteiger partial charge is 0.348 e. The molecule has 1 aromatic carbocycles. The highest BCUT2D eigenvalue weighted by atomic mass is 32.1. The number of nitrogens with zero attached hydrogens (tertiary/aromatic N) is 2. The Labute approximate surface area is 217 Å². The van der Waals surface area contributed by atoms with Crippen molar-refractivity contribution in [3.05, 3.63) is 60.9 Å². The number of aromatic nitrogens is 2. The highest BCUT2D eigenvalue weighted by Gasteiger charge is 2.36. The first kappa shape index (κ1) is 28.1. The fourth-order valence-electron chi connectivity index (χ4n) is 4.14. The Balaban J connectivity index is 2.30. The maximum absolute atomic E-state index is 14.0. The predicted octanol–water partition coefficient (Wildman–Crippen LogP) is 3.36. The second-order valence-electron chi connectivity index (χ2n) is 9.42. The van der Waals surface area contributed by atoms with Gasteiger partial charge < -0.3 is 14.8 Å². The zero-order chi connectivity index (χ0) is 27.7. The molecule has 0 saturated carbocycles. The number of carbonyl (C=O) groups excluding carboxylic acids is 2. The van der Waals surface area contributed by atoms with E-state index in [1.54, 1.807) is 27.7 Å². The average Bonchev–Trinajstić information content (AvgIpc) is 3.16. The topological polar surface area (TPSA) is 109 Å². The normalized spacial score (nSPS) is 11.7. The number of ether oxygens (including phenoxy) is 2. The Morgan fingerprint density at radius 1 is 1.22 bits per heavy atom. The molecule has 3 aromatic rings. The second kappa shape index (κ2) is 10.9. The van der Waals surface area contributed by atoms with Gasteiger partial charge in [0.25, 0.3) is 5.56 Å². The molecule has 2 aromatic heterocycles. The van der Waals surface area contributed by atoms with Gasteiger partial charge in [-0.3, -0.25) is 14.2 Å². The lowest BCUT2D eigenvalue weighted by Gasteiger charge is -2.27. The number of carbonyl (C=O) groups is 2. The number of fused-ring (bicyclic) bond motifs is 1. The van der Waals surface area contributed by atoms with Crippen LogP contribution >= 0.6 is 11.3 Å². The van der Waals surface area contributed by atoms with Crippen LogP contribution in [0.3, 0.4) is 0 Å². The van der Waals surface area contributed by atoms with Crippen LogP contribution in [0.2, 0.25) is 0 Å². The summed E-state index contributed by atoms with van der Waals surface area (Å²) in [6.45, 7) is 10.0. The molecule has 2 heterocycles. The average molecular weight is 534 g/mol. The van der Waals surface area contributed by atoms with Crippen LogP contribution in [0.5, 0.6) is 5.75 Å². The van der Waals surface area contributed by atoms with Gasteiger partial charge in [0.1, 0.15) is 26.8 Å². The van der Waals surface area contributed by atoms with Crippen LogP contribution in [0.1, 0.15) is 55.4 Å². The highest BCUT2D eigenvalue weighted by molar-refractivity contribution is 7.20. The van der Waals surface area contributed by atoms with Crippen molar-refractivity contribution >= 4 is 33.4 Å². The van der Waals surface area contributed by atoms with Gasteiger partial charge >= 0.3 is 11.7 Å². The lowest BCUT2D eigenvalue weighted by Crippen LogP contribution is -2.56. The van der Waals surface area contributed by atoms with Crippen molar-refractivity contribution in [1.82, 2.24) is 14.5 Å². The summed E-state index contributed by atoms with van der Waals surface area (Å²) in [6.07, 6.45) is 0.193. The largest absolute Gasteiger partial charge is 0.496 e. The van der Waals surface area contributed by atoms with Crippen LogP contribution < -0.4 is 21.3 Å². The molecule has 0 aliphatic heterocycles. The van der Waals surface area contributed by atoms with Crippen LogP contribution in [0.25, 0.3) is 10.2 Å². The summed E-state index contributed by atoms with van der Waals surface area (Å²) in [5, 5.41) is 2.92. The molecule has 200 valence electrons. The first-order valence-corrected chi connectivity index (χ1v) is 12.8. The first-order chi connectivity index (χ1) is 17.3. The van der Waals surface area contributed by atoms with Crippen molar-refractivity contribution in [3.8, 4) is 5.75 Å². The number of amides is 1. The molecule has 11 heteroatoms. The van der Waals surface area contributed by atoms with E-state index >= 15 is 0 Å². The molecule has 0 aliphatic carbocycles. The number of methoxy groups -OCH3 is 1. The fourth-order valence-corrected chi connectivity index (χ4v) is 5.36. The van der Waals surface area contributed by atoms with E-state index in [9.17, 15) is 23.6 Å². The third-order valence-electron chi connectivity index (χ3n) is 6.05. The van der Waals surface area contributed by atoms with E-state index < -0.39 is 34.5 Å². The fraction of sp³-hybridized carbons (Fsp3) is 0.462. The number of nitrogens with one attached hydrogen (secondary N) is 1. The number of aryl methyl sites for hydroxylation is 3. The van der Waals surface area contributed by atoms with E-state index in [1.807, 2.05) is 0 Å². The van der Waals surface area contributed by atoms with Gasteiger partial charge in [0.05, 0.1) is 19.1 Å². The predicted molar refractivity (Wildman–Crippen MR) is 140 cm³/mol. The number of benzene rings is 1. The van der Waals surface area contributed by atoms with Gasteiger partial charge in [-0.2, -0.15) is 0 Å². The Hall–Kier alpha value is -3.47. The Kier molecular flexibility index (Phi) is 8.26. The van der Waals surface area contributed by atoms with Crippen molar-refractivity contribution in [2.75, 3.05) is 13.7 Å². The standard InChI is InChI=1S/C26H32FN3O6S/c1-8-36-23(32)20-15(4)19-21(31)30(26(5,6)24(33)28-14(2)3)25(34)29(22(19)37-20)12-11-16-13-17(27)9-10-18(16)35-7/h9-10,13-14H,8,11-12H2,1-7H3,(H,28,33). The molecular weight excluding hydrogens is 501 g/mol. The van der Waals surface area contributed by atoms with Crippen molar-refractivity contribution in [2.24, 2.45) is 0 Å². The molecule has 0 saturated heterocycles. The summed E-state index contributed by atoms with van der Waals surface area (Å²) in [4.78, 5) is 53.7. The summed E-state index contributed by atoms with van der Waals surface area (Å²) < 4.78 is 26.7. The van der Waals surface area contributed by atoms with Gasteiger partial charge in [0.15, 0.2) is 0 Å². The SMILES string of the molecule is CCOC(=O)c1sc2c(c1C)c(=O)n(C(C)(C)C(=O)NC(C)C)c(=O)n2CCc1cc(F)ccc1OC. The molecule has 0 radical (unpaired) electrons. The minimum Gasteiger partial charge on any atom is -0.496 e. The number of halogens is 1. The van der Waals surface area contributed by atoms with Crippen LogP contribution in [0.15, 0.2) is 27.8 Å². The summed E-state index contributed by atoms with van der Waals surface area (Å²) >= 11 is 0.983. The van der Waals surface area contributed by atoms with E-state index in [0.29, 0.717) is 16.9 Å². The molecule has 0 bridgehead atoms. The molecule has 0 unspecified atom stereocenters. The van der Waals surface area contributed by atoms with Gasteiger partial charge in [-0.1, -0.05) is 0 Å². The van der Waals surface area contributed by atoms with E-state index in [2.05, 4.69) is 5.32 Å². The molecule has 0 spiro atoms. The Morgan fingerprint density at radius 3 is 2.49 bits per heavy atom. The first-order valence-electron chi connectivity index (χ1n) is 11.9. The van der Waals surface area contributed by atoms with E-state index in [0.717, 1.165) is 15.9 Å². The number of thiophene rings is 1. The third kappa shape index (κ3) is 5.31. The van der Waals surface area contributed by atoms with Crippen LogP contribution in [-0.4, -0.2) is 40.8 Å². The van der Waals surface area contributed by atoms with Gasteiger partial charge in [-0.05, 0) is 77.3 Å². The van der Waals surface area contributed by atoms with Crippen molar-refractivity contribution in [3.63, 3.8) is 0 Å². The lowest BCUT2D eigenvalue weighted by molar-refractivity contribution is -0.129. The zero-order valence-corrected chi connectivity index (χ0v) is 22.9. The molecule has 1 amide bonds. The Bertz CT molecular complexity index is 1470. The van der Waals surface area contributed by atoms with Crippen molar-refractivity contribution in [2.45, 2.75) is 66.1 Å². The molecule has 9 nitrogen and oxygen atoms in total. The van der Waals surface area contributed by atoms with Gasteiger partial charge in [0, 0.05) is 12.6 Å². The molecule has 1 N–H and O–H groups in total. The summed E-state index contributed by atoms with van der Waals surface area (Å²) in [5.74, 6) is -1.11. The van der Waals surface area contributed by atoms with E-state index in [-0.39, 0.29) is 40.7 Å². The molecule has 3 rings (SSSR count). The molecule has 0 atom stereocenters. The van der Waals surface area contributed by atoms with Crippen molar-refractivity contribution < 1.29 is 23.5 Å². The quantitative estimate of drug-likeness (QED) is 0.423. The number of esters is 1. The lowest BCUT2D eigenvalue weighted by atomic mass is 10.0. The van der Waals surface area contributed by atoms with Crippen LogP contribution in [0, 0.1) is 12.7 Å². The molecule has 0 fully saturated rings. The van der Waals surface area contributed by atoms with Crippen LogP contribution in [0.4, 0.5) is 4.39 Å². The zero-order valence-electron chi connectivity index (χ0n) is 22.1. The monoisotopic (exact) mass is 533 g/mol. The Morgan fingerprint density at radius 2 is 1.89 bits per heavy atom. The van der Waals surface area contributed by atoms with Gasteiger partial charge in [0.2, 0.25) is 5.91 Å². The molecule has 0 aliphatic rings. The number of hydrogen-bond acceptors (Lipinski definition) is 7. The highest BCUT2D eigenvalue weighted by Crippen LogP contribution is 2.30. The second-order valence-corrected chi connectivity index (χ2v) is 10.4. The number of rotatable bonds is 9. The van der Waals surface area contributed by atoms with Gasteiger partial charge in [-0.25, -0.2) is 18.5 Å². The summed E-state index contributed by atoms with van der Waals surface area (Å²) in [7, 11) is 1.46. The van der Waals surface area contributed by atoms with E-state index in [4.69, 9.17) is 9.47 Å². The van der Waals surface area contributed by atoms with Crippen LogP contribution in [-0.2, 0) is 28.0 Å². The molecule has 37 heavy (non-hydrogen) atoms. The van der Waals surface area contributed by atoms with Crippen molar-refractivity contribution in [1.29, 1.82) is 0 Å².